The van der Waals surface area contributed by atoms with Crippen molar-refractivity contribution in [3.63, 3.8) is 0 Å². The number of hydrogen-bond acceptors (Lipinski definition) is 3. The van der Waals surface area contributed by atoms with E-state index < -0.39 is 0 Å². The lowest BCUT2D eigenvalue weighted by atomic mass is 10.1. The summed E-state index contributed by atoms with van der Waals surface area (Å²) in [5, 5.41) is 5.79. The first-order valence-corrected chi connectivity index (χ1v) is 6.90. The van der Waals surface area contributed by atoms with E-state index in [0.717, 1.165) is 25.0 Å². The second-order valence-electron chi connectivity index (χ2n) is 4.95. The zero-order chi connectivity index (χ0) is 14.4. The Hall–Kier alpha value is -2.04. The van der Waals surface area contributed by atoms with E-state index in [1.54, 1.807) is 31.4 Å². The van der Waals surface area contributed by atoms with Gasteiger partial charge < -0.3 is 15.4 Å². The van der Waals surface area contributed by atoms with Gasteiger partial charge in [0, 0.05) is 24.6 Å². The van der Waals surface area contributed by atoms with Crippen molar-refractivity contribution >= 4 is 11.8 Å². The molecule has 108 valence electrons. The van der Waals surface area contributed by atoms with Crippen LogP contribution >= 0.6 is 0 Å². The van der Waals surface area contributed by atoms with Gasteiger partial charge in [-0.05, 0) is 37.1 Å². The predicted molar refractivity (Wildman–Crippen MR) is 75.7 cm³/mol. The van der Waals surface area contributed by atoms with Crippen LogP contribution in [0.3, 0.4) is 0 Å². The van der Waals surface area contributed by atoms with E-state index in [1.807, 2.05) is 0 Å². The Bertz CT molecular complexity index is 471. The van der Waals surface area contributed by atoms with Crippen LogP contribution in [0.1, 0.15) is 36.0 Å². The van der Waals surface area contributed by atoms with Crippen molar-refractivity contribution < 1.29 is 14.3 Å². The van der Waals surface area contributed by atoms with Crippen LogP contribution in [0.15, 0.2) is 24.3 Å². The molecule has 0 saturated carbocycles. The van der Waals surface area contributed by atoms with Gasteiger partial charge in [0.25, 0.3) is 5.91 Å². The summed E-state index contributed by atoms with van der Waals surface area (Å²) in [7, 11) is 1.59. The van der Waals surface area contributed by atoms with Crippen molar-refractivity contribution in [2.75, 3.05) is 13.7 Å². The van der Waals surface area contributed by atoms with Gasteiger partial charge in [-0.15, -0.1) is 0 Å². The number of carbonyl (C=O) groups is 2. The van der Waals surface area contributed by atoms with Crippen molar-refractivity contribution in [2.24, 2.45) is 0 Å². The Morgan fingerprint density at radius 1 is 1.35 bits per heavy atom. The molecule has 20 heavy (non-hydrogen) atoms. The zero-order valence-electron chi connectivity index (χ0n) is 11.6. The largest absolute Gasteiger partial charge is 0.497 e. The van der Waals surface area contributed by atoms with Gasteiger partial charge in [0.05, 0.1) is 7.11 Å². The number of carbonyl (C=O) groups excluding carboxylic acids is 2. The normalized spacial score (nSPS) is 18.9. The van der Waals surface area contributed by atoms with Gasteiger partial charge in [-0.2, -0.15) is 0 Å². The molecule has 0 aliphatic carbocycles. The van der Waals surface area contributed by atoms with Crippen molar-refractivity contribution in [2.45, 2.75) is 31.7 Å². The van der Waals surface area contributed by atoms with Crippen LogP contribution in [-0.4, -0.2) is 31.5 Å². The number of ether oxygens (including phenoxy) is 1. The van der Waals surface area contributed by atoms with Crippen molar-refractivity contribution in [1.82, 2.24) is 10.6 Å². The van der Waals surface area contributed by atoms with Gasteiger partial charge in [-0.3, -0.25) is 9.59 Å². The number of amides is 2. The van der Waals surface area contributed by atoms with Crippen LogP contribution in [0.2, 0.25) is 0 Å². The van der Waals surface area contributed by atoms with Crippen LogP contribution in [0.5, 0.6) is 5.75 Å². The quantitative estimate of drug-likeness (QED) is 0.875. The molecule has 2 N–H and O–H groups in total. The standard InChI is InChI=1S/C15H20N2O3/c1-20-13-8-6-11(7-9-13)15(19)16-10-12-4-2-3-5-14(18)17-12/h6-9,12H,2-5,10H2,1H3,(H,16,19)(H,17,18). The highest BCUT2D eigenvalue weighted by Crippen LogP contribution is 2.12. The predicted octanol–water partition coefficient (Wildman–Crippen LogP) is 1.48. The third kappa shape index (κ3) is 3.98. The number of hydrogen-bond donors (Lipinski definition) is 2. The Morgan fingerprint density at radius 3 is 2.80 bits per heavy atom. The van der Waals surface area contributed by atoms with Crippen LogP contribution < -0.4 is 15.4 Å². The summed E-state index contributed by atoms with van der Waals surface area (Å²) in [4.78, 5) is 23.4. The maximum atomic E-state index is 12.0. The highest BCUT2D eigenvalue weighted by Gasteiger charge is 2.17. The van der Waals surface area contributed by atoms with Gasteiger partial charge in [0.15, 0.2) is 0 Å². The summed E-state index contributed by atoms with van der Waals surface area (Å²) in [5.41, 5.74) is 0.589. The van der Waals surface area contributed by atoms with Crippen molar-refractivity contribution in [3.05, 3.63) is 29.8 Å². The lowest BCUT2D eigenvalue weighted by Gasteiger charge is -2.16. The molecule has 1 aliphatic heterocycles. The van der Waals surface area contributed by atoms with Crippen LogP contribution in [0, 0.1) is 0 Å². The van der Waals surface area contributed by atoms with Gasteiger partial charge in [0.2, 0.25) is 5.91 Å². The molecular formula is C15H20N2O3. The lowest BCUT2D eigenvalue weighted by Crippen LogP contribution is -2.42. The van der Waals surface area contributed by atoms with Crippen molar-refractivity contribution in [3.8, 4) is 5.75 Å². The monoisotopic (exact) mass is 276 g/mol. The summed E-state index contributed by atoms with van der Waals surface area (Å²) >= 11 is 0. The molecule has 2 amide bonds. The number of methoxy groups -OCH3 is 1. The van der Waals surface area contributed by atoms with E-state index in [2.05, 4.69) is 10.6 Å². The van der Waals surface area contributed by atoms with E-state index in [1.165, 1.54) is 0 Å². The minimum Gasteiger partial charge on any atom is -0.497 e. The third-order valence-electron chi connectivity index (χ3n) is 3.43. The molecule has 1 aromatic rings. The molecular weight excluding hydrogens is 256 g/mol. The van der Waals surface area contributed by atoms with Gasteiger partial charge in [0.1, 0.15) is 5.75 Å². The second kappa shape index (κ2) is 6.93. The first-order chi connectivity index (χ1) is 9.69. The molecule has 1 atom stereocenters. The molecule has 1 aromatic carbocycles. The number of nitrogens with one attached hydrogen (secondary N) is 2. The first kappa shape index (κ1) is 14.4. The average Bonchev–Trinajstić information content (AvgIpc) is 2.69. The average molecular weight is 276 g/mol. The maximum absolute atomic E-state index is 12.0. The topological polar surface area (TPSA) is 67.4 Å². The van der Waals surface area contributed by atoms with Gasteiger partial charge >= 0.3 is 0 Å². The SMILES string of the molecule is COc1ccc(C(=O)NCC2CCCCC(=O)N2)cc1. The van der Waals surface area contributed by atoms with Gasteiger partial charge in [-0.1, -0.05) is 6.42 Å². The van der Waals surface area contributed by atoms with Crippen LogP contribution in [0.25, 0.3) is 0 Å². The maximum Gasteiger partial charge on any atom is 0.251 e. The molecule has 1 saturated heterocycles. The molecule has 5 nitrogen and oxygen atoms in total. The molecule has 0 bridgehead atoms. The highest BCUT2D eigenvalue weighted by molar-refractivity contribution is 5.94. The smallest absolute Gasteiger partial charge is 0.251 e. The Kier molecular flexibility index (Phi) is 4.98. The summed E-state index contributed by atoms with van der Waals surface area (Å²) < 4.78 is 5.05. The third-order valence-corrected chi connectivity index (χ3v) is 3.43. The summed E-state index contributed by atoms with van der Waals surface area (Å²) in [6, 6.07) is 6.98. The highest BCUT2D eigenvalue weighted by atomic mass is 16.5. The molecule has 0 aromatic heterocycles. The molecule has 0 radical (unpaired) electrons. The Morgan fingerprint density at radius 2 is 2.10 bits per heavy atom. The number of rotatable bonds is 4. The molecule has 1 unspecified atom stereocenters. The summed E-state index contributed by atoms with van der Waals surface area (Å²) in [5.74, 6) is 0.662. The Balaban J connectivity index is 1.85. The molecule has 5 heteroatoms. The van der Waals surface area contributed by atoms with Gasteiger partial charge in [-0.25, -0.2) is 0 Å². The second-order valence-corrected chi connectivity index (χ2v) is 4.95. The molecule has 1 heterocycles. The minimum atomic E-state index is -0.133. The molecule has 1 fully saturated rings. The molecule has 0 spiro atoms. The molecule has 2 rings (SSSR count). The van der Waals surface area contributed by atoms with E-state index in [0.29, 0.717) is 18.5 Å². The Labute approximate surface area is 118 Å². The lowest BCUT2D eigenvalue weighted by molar-refractivity contribution is -0.121. The van der Waals surface area contributed by atoms with E-state index in [9.17, 15) is 9.59 Å². The fourth-order valence-electron chi connectivity index (χ4n) is 2.26. The summed E-state index contributed by atoms with van der Waals surface area (Å²) in [6.45, 7) is 0.469. The first-order valence-electron chi connectivity index (χ1n) is 6.90. The zero-order valence-corrected chi connectivity index (χ0v) is 11.6. The van der Waals surface area contributed by atoms with E-state index in [4.69, 9.17) is 4.74 Å². The fourth-order valence-corrected chi connectivity index (χ4v) is 2.26. The van der Waals surface area contributed by atoms with E-state index >= 15 is 0 Å². The minimum absolute atomic E-state index is 0.0344. The summed E-state index contributed by atoms with van der Waals surface area (Å²) in [6.07, 6.45) is 3.44. The molecule has 1 aliphatic rings. The fraction of sp³-hybridized carbons (Fsp3) is 0.467. The van der Waals surface area contributed by atoms with E-state index in [-0.39, 0.29) is 17.9 Å². The van der Waals surface area contributed by atoms with Crippen LogP contribution in [0.4, 0.5) is 0 Å². The number of benzene rings is 1. The van der Waals surface area contributed by atoms with Crippen LogP contribution in [-0.2, 0) is 4.79 Å². The van der Waals surface area contributed by atoms with Crippen molar-refractivity contribution in [1.29, 1.82) is 0 Å².